The van der Waals surface area contributed by atoms with Crippen LogP contribution in [0.25, 0.3) is 0 Å². The van der Waals surface area contributed by atoms with Crippen molar-refractivity contribution in [2.45, 2.75) is 19.3 Å². The lowest BCUT2D eigenvalue weighted by Gasteiger charge is -2.23. The lowest BCUT2D eigenvalue weighted by molar-refractivity contribution is 0.104. The number of carbonyl (C=O) groups excluding carboxylic acids is 1. The zero-order chi connectivity index (χ0) is 15.0. The number of anilines is 1. The van der Waals surface area contributed by atoms with Crippen molar-refractivity contribution < 1.29 is 4.79 Å². The number of pyridine rings is 1. The summed E-state index contributed by atoms with van der Waals surface area (Å²) in [7, 11) is 2.01. The first-order valence-corrected chi connectivity index (χ1v) is 7.01. The van der Waals surface area contributed by atoms with Crippen molar-refractivity contribution >= 4 is 11.5 Å². The molecule has 0 N–H and O–H groups in total. The Labute approximate surface area is 124 Å². The average Bonchev–Trinajstić information content (AvgIpc) is 2.70. The number of ketones is 1. The number of aromatic nitrogens is 1. The highest BCUT2D eigenvalue weighted by Gasteiger charge is 2.38. The molecule has 2 aromatic rings. The van der Waals surface area contributed by atoms with E-state index in [0.717, 1.165) is 11.4 Å². The highest BCUT2D eigenvalue weighted by Crippen LogP contribution is 2.46. The van der Waals surface area contributed by atoms with E-state index in [0.29, 0.717) is 5.56 Å². The standard InChI is InChI=1S/C18H18N2O/c1-18(2)14-8-4-5-9-15(14)20(3)17(18)11-16(21)13-7-6-10-19-12-13/h4-12H,1-3H3/b17-11+. The van der Waals surface area contributed by atoms with Gasteiger partial charge in [0.1, 0.15) is 0 Å². The third-order valence-electron chi connectivity index (χ3n) is 4.15. The maximum Gasteiger partial charge on any atom is 0.189 e. The first-order chi connectivity index (χ1) is 10.0. The number of nitrogens with zero attached hydrogens (tertiary/aromatic N) is 2. The molecule has 2 heterocycles. The number of fused-ring (bicyclic) bond motifs is 1. The van der Waals surface area contributed by atoms with Crippen LogP contribution in [-0.4, -0.2) is 17.8 Å². The molecule has 21 heavy (non-hydrogen) atoms. The largest absolute Gasteiger partial charge is 0.347 e. The molecule has 1 aliphatic heterocycles. The van der Waals surface area contributed by atoms with Crippen LogP contribution < -0.4 is 4.90 Å². The molecule has 106 valence electrons. The first-order valence-electron chi connectivity index (χ1n) is 7.01. The smallest absolute Gasteiger partial charge is 0.189 e. The normalized spacial score (nSPS) is 17.9. The topological polar surface area (TPSA) is 33.2 Å². The molecule has 0 saturated heterocycles. The van der Waals surface area contributed by atoms with Crippen LogP contribution in [0, 0.1) is 0 Å². The van der Waals surface area contributed by atoms with Gasteiger partial charge in [0, 0.05) is 47.9 Å². The molecule has 1 aromatic heterocycles. The molecule has 0 radical (unpaired) electrons. The van der Waals surface area contributed by atoms with E-state index in [1.807, 2.05) is 19.2 Å². The first kappa shape index (κ1) is 13.6. The quantitative estimate of drug-likeness (QED) is 0.622. The van der Waals surface area contributed by atoms with E-state index in [9.17, 15) is 4.79 Å². The number of para-hydroxylation sites is 1. The van der Waals surface area contributed by atoms with Crippen LogP contribution >= 0.6 is 0 Å². The molecule has 0 fully saturated rings. The maximum absolute atomic E-state index is 12.4. The molecule has 0 unspecified atom stereocenters. The fourth-order valence-electron chi connectivity index (χ4n) is 2.97. The van der Waals surface area contributed by atoms with Gasteiger partial charge in [-0.1, -0.05) is 32.0 Å². The minimum Gasteiger partial charge on any atom is -0.347 e. The molecule has 0 saturated carbocycles. The van der Waals surface area contributed by atoms with Crippen molar-refractivity contribution in [1.29, 1.82) is 0 Å². The summed E-state index contributed by atoms with van der Waals surface area (Å²) < 4.78 is 0. The number of allylic oxidation sites excluding steroid dienone is 2. The van der Waals surface area contributed by atoms with E-state index in [1.54, 1.807) is 30.6 Å². The van der Waals surface area contributed by atoms with Gasteiger partial charge in [-0.15, -0.1) is 0 Å². The lowest BCUT2D eigenvalue weighted by atomic mass is 9.83. The van der Waals surface area contributed by atoms with Gasteiger partial charge in [-0.2, -0.15) is 0 Å². The van der Waals surface area contributed by atoms with Crippen molar-refractivity contribution in [3.05, 3.63) is 71.7 Å². The second-order valence-electron chi connectivity index (χ2n) is 5.84. The highest BCUT2D eigenvalue weighted by molar-refractivity contribution is 6.05. The Bertz CT molecular complexity index is 717. The summed E-state index contributed by atoms with van der Waals surface area (Å²) in [6.45, 7) is 4.30. The number of hydrogen-bond acceptors (Lipinski definition) is 3. The predicted molar refractivity (Wildman–Crippen MR) is 84.5 cm³/mol. The monoisotopic (exact) mass is 278 g/mol. The summed E-state index contributed by atoms with van der Waals surface area (Å²) in [5.41, 5.74) is 3.86. The maximum atomic E-state index is 12.4. The van der Waals surface area contributed by atoms with Gasteiger partial charge in [0.25, 0.3) is 0 Å². The fraction of sp³-hybridized carbons (Fsp3) is 0.222. The fourth-order valence-corrected chi connectivity index (χ4v) is 2.97. The molecule has 0 atom stereocenters. The van der Waals surface area contributed by atoms with Crippen molar-refractivity contribution in [1.82, 2.24) is 4.98 Å². The van der Waals surface area contributed by atoms with Crippen molar-refractivity contribution in [2.24, 2.45) is 0 Å². The Morgan fingerprint density at radius 3 is 2.62 bits per heavy atom. The number of likely N-dealkylation sites (N-methyl/N-ethyl adjacent to an activating group) is 1. The van der Waals surface area contributed by atoms with Crippen molar-refractivity contribution in [3.63, 3.8) is 0 Å². The van der Waals surface area contributed by atoms with Gasteiger partial charge in [0.15, 0.2) is 5.78 Å². The molecule has 0 aliphatic carbocycles. The van der Waals surface area contributed by atoms with Crippen molar-refractivity contribution in [3.8, 4) is 0 Å². The molecular weight excluding hydrogens is 260 g/mol. The number of benzene rings is 1. The third kappa shape index (κ3) is 2.15. The second kappa shape index (κ2) is 4.85. The van der Waals surface area contributed by atoms with Gasteiger partial charge in [0.05, 0.1) is 0 Å². The number of rotatable bonds is 2. The summed E-state index contributed by atoms with van der Waals surface area (Å²) >= 11 is 0. The van der Waals surface area contributed by atoms with Crippen LogP contribution in [0.3, 0.4) is 0 Å². The van der Waals surface area contributed by atoms with E-state index >= 15 is 0 Å². The van der Waals surface area contributed by atoms with Crippen LogP contribution in [0.5, 0.6) is 0 Å². The number of carbonyl (C=O) groups is 1. The van der Waals surface area contributed by atoms with Crippen molar-refractivity contribution in [2.75, 3.05) is 11.9 Å². The van der Waals surface area contributed by atoms with E-state index in [4.69, 9.17) is 0 Å². The van der Waals surface area contributed by atoms with Gasteiger partial charge in [-0.3, -0.25) is 9.78 Å². The Balaban J connectivity index is 2.04. The van der Waals surface area contributed by atoms with Crippen LogP contribution in [0.1, 0.15) is 29.8 Å². The van der Waals surface area contributed by atoms with Gasteiger partial charge >= 0.3 is 0 Å². The lowest BCUT2D eigenvalue weighted by Crippen LogP contribution is -2.24. The summed E-state index contributed by atoms with van der Waals surface area (Å²) in [6, 6.07) is 11.9. The zero-order valence-electron chi connectivity index (χ0n) is 12.5. The summed E-state index contributed by atoms with van der Waals surface area (Å²) in [5, 5.41) is 0. The van der Waals surface area contributed by atoms with E-state index in [1.165, 1.54) is 5.56 Å². The summed E-state index contributed by atoms with van der Waals surface area (Å²) in [4.78, 5) is 18.6. The summed E-state index contributed by atoms with van der Waals surface area (Å²) in [6.07, 6.45) is 5.01. The Morgan fingerprint density at radius 1 is 1.19 bits per heavy atom. The minimum absolute atomic E-state index is 0.00849. The average molecular weight is 278 g/mol. The van der Waals surface area contributed by atoms with Crippen LogP contribution in [0.4, 0.5) is 5.69 Å². The number of hydrogen-bond donors (Lipinski definition) is 0. The second-order valence-corrected chi connectivity index (χ2v) is 5.84. The summed E-state index contributed by atoms with van der Waals surface area (Å²) in [5.74, 6) is -0.00849. The Morgan fingerprint density at radius 2 is 1.95 bits per heavy atom. The zero-order valence-corrected chi connectivity index (χ0v) is 12.5. The molecular formula is C18H18N2O. The van der Waals surface area contributed by atoms with E-state index in [2.05, 4.69) is 35.9 Å². The SMILES string of the molecule is CN1/C(=C/C(=O)c2cccnc2)C(C)(C)c2ccccc21. The molecule has 0 spiro atoms. The minimum atomic E-state index is -0.177. The van der Waals surface area contributed by atoms with Gasteiger partial charge < -0.3 is 4.90 Å². The van der Waals surface area contributed by atoms with Crippen LogP contribution in [0.2, 0.25) is 0 Å². The van der Waals surface area contributed by atoms with E-state index in [-0.39, 0.29) is 11.2 Å². The molecule has 0 amide bonds. The molecule has 3 nitrogen and oxygen atoms in total. The molecule has 1 aromatic carbocycles. The predicted octanol–water partition coefficient (Wildman–Crippen LogP) is 3.58. The van der Waals surface area contributed by atoms with Crippen LogP contribution in [-0.2, 0) is 5.41 Å². The molecule has 0 bridgehead atoms. The van der Waals surface area contributed by atoms with E-state index < -0.39 is 0 Å². The molecule has 3 rings (SSSR count). The Kier molecular flexibility index (Phi) is 3.13. The third-order valence-corrected chi connectivity index (χ3v) is 4.15. The molecule has 3 heteroatoms. The highest BCUT2D eigenvalue weighted by atomic mass is 16.1. The Hall–Kier alpha value is -2.42. The van der Waals surface area contributed by atoms with Gasteiger partial charge in [-0.05, 0) is 23.8 Å². The van der Waals surface area contributed by atoms with Gasteiger partial charge in [-0.25, -0.2) is 0 Å². The van der Waals surface area contributed by atoms with Gasteiger partial charge in [0.2, 0.25) is 0 Å². The van der Waals surface area contributed by atoms with Crippen LogP contribution in [0.15, 0.2) is 60.6 Å². The molecule has 1 aliphatic rings.